The van der Waals surface area contributed by atoms with Crippen LogP contribution in [0.3, 0.4) is 0 Å². The third-order valence-corrected chi connectivity index (χ3v) is 5.23. The molecule has 11 nitrogen and oxygen atoms in total. The lowest BCUT2D eigenvalue weighted by Crippen LogP contribution is -2.25. The van der Waals surface area contributed by atoms with Gasteiger partial charge in [-0.15, -0.1) is 0 Å². The first kappa shape index (κ1) is 28.6. The van der Waals surface area contributed by atoms with E-state index in [0.717, 1.165) is 5.56 Å². The van der Waals surface area contributed by atoms with E-state index in [1.54, 1.807) is 31.2 Å². The van der Waals surface area contributed by atoms with Gasteiger partial charge in [0, 0.05) is 24.1 Å². The molecule has 0 radical (unpaired) electrons. The number of carbonyl (C=O) groups excluding carboxylic acids is 2. The number of hydrogen-bond acceptors (Lipinski definition) is 9. The fraction of sp³-hybridized carbons (Fsp3) is 0.250. The minimum absolute atomic E-state index is 0.0524. The highest BCUT2D eigenvalue weighted by atomic mass is 16.5. The summed E-state index contributed by atoms with van der Waals surface area (Å²) in [5.41, 5.74) is 6.20. The molecule has 1 aromatic heterocycles. The van der Waals surface area contributed by atoms with E-state index >= 15 is 0 Å². The van der Waals surface area contributed by atoms with Crippen LogP contribution in [0.1, 0.15) is 27.9 Å². The normalized spacial score (nSPS) is 10.5. The van der Waals surface area contributed by atoms with Crippen molar-refractivity contribution in [2.75, 3.05) is 32.8 Å². The number of nitrogens with zero attached hydrogens (tertiary/aromatic N) is 3. The van der Waals surface area contributed by atoms with Crippen LogP contribution in [0.2, 0.25) is 0 Å². The number of aryl methyl sites for hydroxylation is 2. The number of anilines is 1. The standard InChI is InChI=1S/C28H29N5O6/c1-18-5-8-22(9-6-18)32-26(34)16-38-24-10-7-20(12-25(24)37-4)14-30-33-27(35)17-39-28-23(13-29)21(15-36-3)11-19(2)31-28/h5-12,14H,15-17H2,1-4H3,(H,32,34)(H,33,35)/b30-14-. The van der Waals surface area contributed by atoms with Gasteiger partial charge in [0.2, 0.25) is 5.88 Å². The Kier molecular flexibility index (Phi) is 10.4. The van der Waals surface area contributed by atoms with Gasteiger partial charge in [0.15, 0.2) is 24.7 Å². The number of rotatable bonds is 12. The first-order valence-corrected chi connectivity index (χ1v) is 11.8. The summed E-state index contributed by atoms with van der Waals surface area (Å²) in [6.07, 6.45) is 1.41. The number of hydrogen-bond donors (Lipinski definition) is 2. The zero-order chi connectivity index (χ0) is 28.2. The van der Waals surface area contributed by atoms with E-state index in [1.807, 2.05) is 37.3 Å². The van der Waals surface area contributed by atoms with E-state index in [0.29, 0.717) is 34.0 Å². The molecule has 0 aliphatic heterocycles. The fourth-order valence-electron chi connectivity index (χ4n) is 3.41. The Morgan fingerprint density at radius 2 is 1.74 bits per heavy atom. The predicted octanol–water partition coefficient (Wildman–Crippen LogP) is 3.27. The Labute approximate surface area is 226 Å². The maximum Gasteiger partial charge on any atom is 0.278 e. The van der Waals surface area contributed by atoms with Gasteiger partial charge in [-0.1, -0.05) is 17.7 Å². The van der Waals surface area contributed by atoms with Crippen LogP contribution in [0, 0.1) is 25.2 Å². The lowest BCUT2D eigenvalue weighted by atomic mass is 10.1. The molecule has 0 saturated heterocycles. The Hall–Kier alpha value is -4.95. The van der Waals surface area contributed by atoms with Crippen molar-refractivity contribution < 1.29 is 28.5 Å². The van der Waals surface area contributed by atoms with Crippen molar-refractivity contribution in [1.29, 1.82) is 5.26 Å². The van der Waals surface area contributed by atoms with Crippen molar-refractivity contribution in [1.82, 2.24) is 10.4 Å². The van der Waals surface area contributed by atoms with Gasteiger partial charge < -0.3 is 24.3 Å². The molecule has 0 aliphatic carbocycles. The molecule has 3 rings (SSSR count). The van der Waals surface area contributed by atoms with Crippen LogP contribution >= 0.6 is 0 Å². The summed E-state index contributed by atoms with van der Waals surface area (Å²) >= 11 is 0. The first-order chi connectivity index (χ1) is 18.8. The summed E-state index contributed by atoms with van der Waals surface area (Å²) < 4.78 is 21.5. The molecular weight excluding hydrogens is 502 g/mol. The highest BCUT2D eigenvalue weighted by Gasteiger charge is 2.14. The average Bonchev–Trinajstić information content (AvgIpc) is 2.92. The van der Waals surface area contributed by atoms with Crippen LogP contribution in [-0.2, 0) is 20.9 Å². The molecule has 0 aliphatic rings. The molecular formula is C28H29N5O6. The molecule has 2 aromatic carbocycles. The van der Waals surface area contributed by atoms with Crippen molar-refractivity contribution in [3.8, 4) is 23.4 Å². The quantitative estimate of drug-likeness (QED) is 0.268. The molecule has 39 heavy (non-hydrogen) atoms. The number of methoxy groups -OCH3 is 2. The number of pyridine rings is 1. The first-order valence-electron chi connectivity index (χ1n) is 11.8. The molecule has 1 heterocycles. The zero-order valence-electron chi connectivity index (χ0n) is 22.1. The zero-order valence-corrected chi connectivity index (χ0v) is 22.1. The molecule has 11 heteroatoms. The van der Waals surface area contributed by atoms with E-state index in [9.17, 15) is 14.9 Å². The van der Waals surface area contributed by atoms with E-state index in [4.69, 9.17) is 18.9 Å². The topological polar surface area (TPSA) is 144 Å². The van der Waals surface area contributed by atoms with Crippen molar-refractivity contribution >= 4 is 23.7 Å². The molecule has 3 aromatic rings. The van der Waals surface area contributed by atoms with Crippen LogP contribution in [-0.4, -0.2) is 50.4 Å². The smallest absolute Gasteiger partial charge is 0.278 e. The molecule has 0 spiro atoms. The van der Waals surface area contributed by atoms with Crippen molar-refractivity contribution in [2.45, 2.75) is 20.5 Å². The third kappa shape index (κ3) is 8.55. The Balaban J connectivity index is 1.53. The summed E-state index contributed by atoms with van der Waals surface area (Å²) in [5.74, 6) is -0.0416. The number of ether oxygens (including phenoxy) is 4. The number of amides is 2. The maximum absolute atomic E-state index is 12.2. The number of nitriles is 1. The number of nitrogens with one attached hydrogen (secondary N) is 2. The van der Waals surface area contributed by atoms with Crippen LogP contribution in [0.15, 0.2) is 53.6 Å². The van der Waals surface area contributed by atoms with Gasteiger partial charge in [0.1, 0.15) is 11.6 Å². The summed E-state index contributed by atoms with van der Waals surface area (Å²) in [4.78, 5) is 28.6. The van der Waals surface area contributed by atoms with Crippen molar-refractivity contribution in [3.05, 3.63) is 76.5 Å². The second-order valence-electron chi connectivity index (χ2n) is 8.34. The van der Waals surface area contributed by atoms with Gasteiger partial charge >= 0.3 is 0 Å². The molecule has 0 atom stereocenters. The van der Waals surface area contributed by atoms with Gasteiger partial charge in [0.25, 0.3) is 11.8 Å². The number of hydrazone groups is 1. The molecule has 202 valence electrons. The molecule has 0 saturated carbocycles. The highest BCUT2D eigenvalue weighted by Crippen LogP contribution is 2.27. The lowest BCUT2D eigenvalue weighted by Gasteiger charge is -2.12. The van der Waals surface area contributed by atoms with Gasteiger partial charge in [-0.25, -0.2) is 10.4 Å². The van der Waals surface area contributed by atoms with Gasteiger partial charge in [0.05, 0.1) is 19.9 Å². The van der Waals surface area contributed by atoms with Crippen LogP contribution in [0.5, 0.6) is 17.4 Å². The minimum atomic E-state index is -0.543. The van der Waals surface area contributed by atoms with Gasteiger partial charge in [-0.05, 0) is 55.8 Å². The third-order valence-electron chi connectivity index (χ3n) is 5.23. The van der Waals surface area contributed by atoms with E-state index < -0.39 is 12.5 Å². The monoisotopic (exact) mass is 531 g/mol. The van der Waals surface area contributed by atoms with Crippen LogP contribution in [0.4, 0.5) is 5.69 Å². The van der Waals surface area contributed by atoms with Crippen molar-refractivity contribution in [3.63, 3.8) is 0 Å². The molecule has 0 fully saturated rings. The Morgan fingerprint density at radius 3 is 2.44 bits per heavy atom. The second-order valence-corrected chi connectivity index (χ2v) is 8.34. The largest absolute Gasteiger partial charge is 0.493 e. The Morgan fingerprint density at radius 1 is 1.00 bits per heavy atom. The van der Waals surface area contributed by atoms with E-state index in [1.165, 1.54) is 20.4 Å². The van der Waals surface area contributed by atoms with E-state index in [2.05, 4.69) is 20.8 Å². The fourth-order valence-corrected chi connectivity index (χ4v) is 3.41. The van der Waals surface area contributed by atoms with Crippen LogP contribution < -0.4 is 25.0 Å². The molecule has 0 unspecified atom stereocenters. The summed E-state index contributed by atoms with van der Waals surface area (Å²) in [5, 5.41) is 16.1. The van der Waals surface area contributed by atoms with E-state index in [-0.39, 0.29) is 30.6 Å². The highest BCUT2D eigenvalue weighted by molar-refractivity contribution is 5.92. The lowest BCUT2D eigenvalue weighted by molar-refractivity contribution is -0.123. The van der Waals surface area contributed by atoms with Gasteiger partial charge in [-0.3, -0.25) is 9.59 Å². The molecule has 2 amide bonds. The second kappa shape index (κ2) is 14.1. The molecule has 2 N–H and O–H groups in total. The summed E-state index contributed by atoms with van der Waals surface area (Å²) in [6.45, 7) is 3.34. The molecule has 0 bridgehead atoms. The Bertz CT molecular complexity index is 1380. The van der Waals surface area contributed by atoms with Crippen LogP contribution in [0.25, 0.3) is 0 Å². The maximum atomic E-state index is 12.2. The SMILES string of the molecule is COCc1cc(C)nc(OCC(=O)N/N=C\c2ccc(OCC(=O)Nc3ccc(C)cc3)c(OC)c2)c1C#N. The predicted molar refractivity (Wildman–Crippen MR) is 144 cm³/mol. The minimum Gasteiger partial charge on any atom is -0.493 e. The number of benzene rings is 2. The average molecular weight is 532 g/mol. The van der Waals surface area contributed by atoms with Crippen molar-refractivity contribution in [2.24, 2.45) is 5.10 Å². The number of carbonyl (C=O) groups is 2. The summed E-state index contributed by atoms with van der Waals surface area (Å²) in [7, 11) is 2.99. The number of aromatic nitrogens is 1. The summed E-state index contributed by atoms with van der Waals surface area (Å²) in [6, 6.07) is 16.2. The van der Waals surface area contributed by atoms with Gasteiger partial charge in [-0.2, -0.15) is 10.4 Å².